The molecule has 0 aliphatic heterocycles. The van der Waals surface area contributed by atoms with Crippen molar-refractivity contribution in [3.63, 3.8) is 0 Å². The Labute approximate surface area is 209 Å². The Kier molecular flexibility index (Phi) is 6.30. The van der Waals surface area contributed by atoms with Gasteiger partial charge in [0, 0.05) is 17.8 Å². The molecule has 0 saturated carbocycles. The molecule has 0 aliphatic rings. The Morgan fingerprint density at radius 3 is 2.23 bits per heavy atom. The van der Waals surface area contributed by atoms with Gasteiger partial charge in [-0.2, -0.15) is 23.4 Å². The summed E-state index contributed by atoms with van der Waals surface area (Å²) in [6.07, 6.45) is -2.86. The molecule has 0 unspecified atom stereocenters. The fraction of sp³-hybridized carbons (Fsp3) is 0.0526. The zero-order valence-corrected chi connectivity index (χ0v) is 21.2. The number of aromatic nitrogens is 4. The van der Waals surface area contributed by atoms with Gasteiger partial charge in [0.05, 0.1) is 25.9 Å². The van der Waals surface area contributed by atoms with E-state index in [0.717, 1.165) is 15.2 Å². The summed E-state index contributed by atoms with van der Waals surface area (Å²) in [4.78, 5) is 0. The van der Waals surface area contributed by atoms with Crippen LogP contribution in [0, 0.1) is 0 Å². The Morgan fingerprint density at radius 1 is 0.871 bits per heavy atom. The van der Waals surface area contributed by atoms with E-state index in [1.165, 1.54) is 0 Å². The molecule has 4 nitrogen and oxygen atoms in total. The molecule has 4 rings (SSSR count). The highest BCUT2D eigenvalue weighted by molar-refractivity contribution is 9.13. The van der Waals surface area contributed by atoms with Gasteiger partial charge in [-0.1, -0.05) is 35.3 Å². The Hall–Kier alpha value is -1.33. The minimum Gasteiger partial charge on any atom is -0.237 e. The molecular formula is C19H8Br3Cl2F3N4. The van der Waals surface area contributed by atoms with Crippen molar-refractivity contribution in [3.05, 3.63) is 78.1 Å². The molecule has 0 fully saturated rings. The summed E-state index contributed by atoms with van der Waals surface area (Å²) in [7, 11) is 0. The van der Waals surface area contributed by atoms with Gasteiger partial charge in [-0.05, 0) is 77.6 Å². The number of alkyl halides is 3. The molecule has 0 aliphatic carbocycles. The number of halogens is 8. The number of hydrogen-bond acceptors (Lipinski definition) is 2. The van der Waals surface area contributed by atoms with Crippen LogP contribution in [0.5, 0.6) is 0 Å². The first-order valence-corrected chi connectivity index (χ1v) is 11.5. The average molecular weight is 660 g/mol. The minimum absolute atomic E-state index is 0.137. The molecule has 12 heteroatoms. The lowest BCUT2D eigenvalue weighted by atomic mass is 10.0. The maximum atomic E-state index is 13.2. The maximum Gasteiger partial charge on any atom is 0.435 e. The van der Waals surface area contributed by atoms with Gasteiger partial charge in [0.1, 0.15) is 9.21 Å². The van der Waals surface area contributed by atoms with E-state index >= 15 is 0 Å². The van der Waals surface area contributed by atoms with E-state index < -0.39 is 11.9 Å². The van der Waals surface area contributed by atoms with E-state index in [-0.39, 0.29) is 4.60 Å². The van der Waals surface area contributed by atoms with Gasteiger partial charge in [-0.3, -0.25) is 0 Å². The second-order valence-corrected chi connectivity index (χ2v) is 9.51. The SMILES string of the molecule is FC(F)(F)c1cc(Br)n(-c2cccc(Cl)c2-c2ccc(Cl)c(-n3cc(Br)c(Br)n3)c2)n1. The standard InChI is InChI=1S/C19H8Br3Cl2F3N4/c20-10-8-30(29-18(10)22)14-6-9(4-5-11(14)23)17-12(24)2-1-3-13(17)31-16(21)7-15(28-31)19(25,26)27/h1-8H. The highest BCUT2D eigenvalue weighted by Crippen LogP contribution is 2.39. The second-order valence-electron chi connectivity index (χ2n) is 6.27. The van der Waals surface area contributed by atoms with E-state index in [1.54, 1.807) is 47.3 Å². The molecule has 160 valence electrons. The molecule has 0 atom stereocenters. The maximum absolute atomic E-state index is 13.2. The Morgan fingerprint density at radius 2 is 1.61 bits per heavy atom. The fourth-order valence-corrected chi connectivity index (χ4v) is 4.46. The van der Waals surface area contributed by atoms with E-state index in [2.05, 4.69) is 58.0 Å². The van der Waals surface area contributed by atoms with Gasteiger partial charge in [0.2, 0.25) is 0 Å². The fourth-order valence-electron chi connectivity index (χ4n) is 2.94. The molecule has 0 saturated heterocycles. The molecule has 0 radical (unpaired) electrons. The van der Waals surface area contributed by atoms with Gasteiger partial charge in [-0.25, -0.2) is 9.36 Å². The minimum atomic E-state index is -4.58. The van der Waals surface area contributed by atoms with Gasteiger partial charge < -0.3 is 0 Å². The molecule has 0 spiro atoms. The van der Waals surface area contributed by atoms with Crippen LogP contribution in [0.2, 0.25) is 10.0 Å². The van der Waals surface area contributed by atoms with Crippen molar-refractivity contribution >= 4 is 71.0 Å². The number of benzene rings is 2. The number of nitrogens with zero attached hydrogens (tertiary/aromatic N) is 4. The lowest BCUT2D eigenvalue weighted by Crippen LogP contribution is -2.08. The van der Waals surface area contributed by atoms with Crippen LogP contribution in [0.1, 0.15) is 5.69 Å². The molecule has 0 N–H and O–H groups in total. The zero-order chi connectivity index (χ0) is 22.5. The van der Waals surface area contributed by atoms with Crippen LogP contribution in [-0.2, 0) is 6.18 Å². The van der Waals surface area contributed by atoms with Crippen molar-refractivity contribution in [1.82, 2.24) is 19.6 Å². The summed E-state index contributed by atoms with van der Waals surface area (Å²) in [5.41, 5.74) is 1.02. The second kappa shape index (κ2) is 8.55. The average Bonchev–Trinajstić information content (AvgIpc) is 3.24. The van der Waals surface area contributed by atoms with Crippen LogP contribution in [0.25, 0.3) is 22.5 Å². The smallest absolute Gasteiger partial charge is 0.237 e. The quantitative estimate of drug-likeness (QED) is 0.222. The van der Waals surface area contributed by atoms with Crippen molar-refractivity contribution in [1.29, 1.82) is 0 Å². The van der Waals surface area contributed by atoms with Gasteiger partial charge in [0.25, 0.3) is 0 Å². The predicted octanol–water partition coefficient (Wildman–Crippen LogP) is 8.34. The third-order valence-electron chi connectivity index (χ3n) is 4.29. The van der Waals surface area contributed by atoms with Gasteiger partial charge >= 0.3 is 6.18 Å². The first kappa shape index (κ1) is 22.8. The molecule has 0 amide bonds. The summed E-state index contributed by atoms with van der Waals surface area (Å²) in [5, 5.41) is 8.83. The van der Waals surface area contributed by atoms with Crippen LogP contribution in [0.3, 0.4) is 0 Å². The van der Waals surface area contributed by atoms with Crippen LogP contribution >= 0.6 is 71.0 Å². The van der Waals surface area contributed by atoms with Crippen molar-refractivity contribution in [2.45, 2.75) is 6.18 Å². The summed E-state index contributed by atoms with van der Waals surface area (Å²) in [6, 6.07) is 11.0. The van der Waals surface area contributed by atoms with Crippen molar-refractivity contribution in [2.24, 2.45) is 0 Å². The van der Waals surface area contributed by atoms with Crippen LogP contribution in [0.15, 0.2) is 62.3 Å². The Balaban J connectivity index is 1.91. The van der Waals surface area contributed by atoms with Gasteiger partial charge in [0.15, 0.2) is 5.69 Å². The number of rotatable bonds is 3. The summed E-state index contributed by atoms with van der Waals surface area (Å²) in [5.74, 6) is 0. The highest BCUT2D eigenvalue weighted by Gasteiger charge is 2.35. The molecule has 2 heterocycles. The number of hydrogen-bond donors (Lipinski definition) is 0. The Bertz CT molecular complexity index is 1280. The molecule has 0 bridgehead atoms. The topological polar surface area (TPSA) is 35.6 Å². The van der Waals surface area contributed by atoms with Crippen LogP contribution in [-0.4, -0.2) is 19.6 Å². The molecule has 31 heavy (non-hydrogen) atoms. The van der Waals surface area contributed by atoms with E-state index in [4.69, 9.17) is 23.2 Å². The molecule has 2 aromatic heterocycles. The molecular weight excluding hydrogens is 652 g/mol. The van der Waals surface area contributed by atoms with Crippen molar-refractivity contribution in [3.8, 4) is 22.5 Å². The first-order chi connectivity index (χ1) is 14.6. The van der Waals surface area contributed by atoms with Crippen molar-refractivity contribution in [2.75, 3.05) is 0 Å². The molecule has 2 aromatic carbocycles. The van der Waals surface area contributed by atoms with E-state index in [0.29, 0.717) is 37.2 Å². The summed E-state index contributed by atoms with van der Waals surface area (Å²) in [6.45, 7) is 0. The first-order valence-electron chi connectivity index (χ1n) is 8.39. The summed E-state index contributed by atoms with van der Waals surface area (Å²) < 4.78 is 43.7. The summed E-state index contributed by atoms with van der Waals surface area (Å²) >= 11 is 22.7. The lowest BCUT2D eigenvalue weighted by molar-refractivity contribution is -0.141. The predicted molar refractivity (Wildman–Crippen MR) is 124 cm³/mol. The van der Waals surface area contributed by atoms with Crippen LogP contribution < -0.4 is 0 Å². The van der Waals surface area contributed by atoms with E-state index in [1.807, 2.05) is 0 Å². The normalized spacial score (nSPS) is 11.9. The highest BCUT2D eigenvalue weighted by atomic mass is 79.9. The van der Waals surface area contributed by atoms with Gasteiger partial charge in [-0.15, -0.1) is 0 Å². The monoisotopic (exact) mass is 656 g/mol. The third kappa shape index (κ3) is 4.45. The third-order valence-corrected chi connectivity index (χ3v) is 7.18. The lowest BCUT2D eigenvalue weighted by Gasteiger charge is -2.15. The largest absolute Gasteiger partial charge is 0.435 e. The van der Waals surface area contributed by atoms with Crippen molar-refractivity contribution < 1.29 is 13.2 Å². The zero-order valence-electron chi connectivity index (χ0n) is 14.9. The molecule has 4 aromatic rings. The van der Waals surface area contributed by atoms with Crippen LogP contribution in [0.4, 0.5) is 13.2 Å². The van der Waals surface area contributed by atoms with E-state index in [9.17, 15) is 13.2 Å².